The van der Waals surface area contributed by atoms with Crippen LogP contribution in [0.3, 0.4) is 0 Å². The second kappa shape index (κ2) is 8.89. The average Bonchev–Trinajstić information content (AvgIpc) is 3.05. The van der Waals surface area contributed by atoms with Crippen LogP contribution in [0.25, 0.3) is 0 Å². The van der Waals surface area contributed by atoms with Gasteiger partial charge in [-0.1, -0.05) is 0 Å². The van der Waals surface area contributed by atoms with Crippen molar-refractivity contribution in [3.8, 4) is 0 Å². The largest absolute Gasteiger partial charge is 0.406 e. The van der Waals surface area contributed by atoms with Gasteiger partial charge in [-0.15, -0.1) is 12.4 Å². The summed E-state index contributed by atoms with van der Waals surface area (Å²) in [5, 5.41) is 3.13. The number of rotatable bonds is 4. The molecule has 9 heteroatoms. The third-order valence-electron chi connectivity index (χ3n) is 4.56. The number of hydrogen-bond acceptors (Lipinski definition) is 3. The predicted molar refractivity (Wildman–Crippen MR) is 85.8 cm³/mol. The van der Waals surface area contributed by atoms with Crippen molar-refractivity contribution in [1.29, 1.82) is 0 Å². The molecule has 140 valence electrons. The molecule has 0 saturated carbocycles. The Morgan fingerprint density at radius 1 is 1.25 bits per heavy atom. The Balaban J connectivity index is 0.00000288. The standard InChI is InChI=1S/C15H24F3N3O2.ClH/c1-2-20(10-15(16,17)18)14(23)12-4-3-7-21(9-12)13(22)11-5-6-19-8-11;/h11-12,19H,2-10H2,1H3;1H. The van der Waals surface area contributed by atoms with Crippen LogP contribution in [0.15, 0.2) is 0 Å². The molecule has 0 radical (unpaired) electrons. The molecule has 2 rings (SSSR count). The van der Waals surface area contributed by atoms with Crippen molar-refractivity contribution in [3.63, 3.8) is 0 Å². The van der Waals surface area contributed by atoms with E-state index in [-0.39, 0.29) is 37.3 Å². The van der Waals surface area contributed by atoms with Crippen LogP contribution in [-0.2, 0) is 9.59 Å². The average molecular weight is 372 g/mol. The van der Waals surface area contributed by atoms with E-state index in [1.807, 2.05) is 0 Å². The molecular weight excluding hydrogens is 347 g/mol. The number of hydrogen-bond donors (Lipinski definition) is 1. The van der Waals surface area contributed by atoms with Crippen LogP contribution in [-0.4, -0.2) is 67.1 Å². The molecule has 2 heterocycles. The minimum absolute atomic E-state index is 0. The number of carbonyl (C=O) groups excluding carboxylic acids is 2. The summed E-state index contributed by atoms with van der Waals surface area (Å²) in [4.78, 5) is 27.3. The van der Waals surface area contributed by atoms with Crippen LogP contribution >= 0.6 is 12.4 Å². The molecule has 1 N–H and O–H groups in total. The van der Waals surface area contributed by atoms with Gasteiger partial charge in [-0.2, -0.15) is 13.2 Å². The Hall–Kier alpha value is -1.02. The molecule has 0 aliphatic carbocycles. The highest BCUT2D eigenvalue weighted by atomic mass is 35.5. The number of likely N-dealkylation sites (tertiary alicyclic amines) is 1. The second-order valence-electron chi connectivity index (χ2n) is 6.28. The second-order valence-corrected chi connectivity index (χ2v) is 6.28. The molecular formula is C15H25ClF3N3O2. The first-order valence-electron chi connectivity index (χ1n) is 8.17. The lowest BCUT2D eigenvalue weighted by molar-refractivity contribution is -0.165. The molecule has 0 spiro atoms. The van der Waals surface area contributed by atoms with E-state index in [0.717, 1.165) is 17.9 Å². The van der Waals surface area contributed by atoms with Crippen LogP contribution < -0.4 is 5.32 Å². The summed E-state index contributed by atoms with van der Waals surface area (Å²) in [7, 11) is 0. The lowest BCUT2D eigenvalue weighted by atomic mass is 9.95. The van der Waals surface area contributed by atoms with Gasteiger partial charge in [0.15, 0.2) is 0 Å². The summed E-state index contributed by atoms with van der Waals surface area (Å²) < 4.78 is 37.7. The summed E-state index contributed by atoms with van der Waals surface area (Å²) >= 11 is 0. The number of nitrogens with one attached hydrogen (secondary N) is 1. The van der Waals surface area contributed by atoms with Crippen molar-refractivity contribution >= 4 is 24.2 Å². The smallest absolute Gasteiger partial charge is 0.342 e. The van der Waals surface area contributed by atoms with Crippen molar-refractivity contribution < 1.29 is 22.8 Å². The minimum Gasteiger partial charge on any atom is -0.342 e. The first kappa shape index (κ1) is 21.0. The van der Waals surface area contributed by atoms with Crippen LogP contribution in [0.5, 0.6) is 0 Å². The van der Waals surface area contributed by atoms with Crippen LogP contribution in [0.1, 0.15) is 26.2 Å². The Labute approximate surface area is 146 Å². The molecule has 0 aromatic heterocycles. The number of amides is 2. The molecule has 24 heavy (non-hydrogen) atoms. The van der Waals surface area contributed by atoms with Gasteiger partial charge in [-0.3, -0.25) is 9.59 Å². The quantitative estimate of drug-likeness (QED) is 0.818. The fraction of sp³-hybridized carbons (Fsp3) is 0.867. The highest BCUT2D eigenvalue weighted by Crippen LogP contribution is 2.24. The van der Waals surface area contributed by atoms with E-state index in [4.69, 9.17) is 0 Å². The molecule has 2 aliphatic heterocycles. The maximum absolute atomic E-state index is 12.6. The summed E-state index contributed by atoms with van der Waals surface area (Å²) in [5.74, 6) is -1.07. The van der Waals surface area contributed by atoms with Gasteiger partial charge in [0, 0.05) is 26.2 Å². The maximum Gasteiger partial charge on any atom is 0.406 e. The van der Waals surface area contributed by atoms with Gasteiger partial charge in [-0.05, 0) is 32.7 Å². The highest BCUT2D eigenvalue weighted by Gasteiger charge is 2.37. The number of halogens is 4. The SMILES string of the molecule is CCN(CC(F)(F)F)C(=O)C1CCCN(C(=O)C2CCNC2)C1.Cl. The molecule has 2 saturated heterocycles. The highest BCUT2D eigenvalue weighted by molar-refractivity contribution is 5.85. The van der Waals surface area contributed by atoms with E-state index in [2.05, 4.69) is 5.32 Å². The van der Waals surface area contributed by atoms with E-state index >= 15 is 0 Å². The number of piperidine rings is 1. The normalized spacial score (nSPS) is 24.4. The van der Waals surface area contributed by atoms with Crippen molar-refractivity contribution in [3.05, 3.63) is 0 Å². The van der Waals surface area contributed by atoms with Gasteiger partial charge >= 0.3 is 6.18 Å². The van der Waals surface area contributed by atoms with Gasteiger partial charge in [0.05, 0.1) is 11.8 Å². The van der Waals surface area contributed by atoms with Gasteiger partial charge in [0.25, 0.3) is 0 Å². The van der Waals surface area contributed by atoms with E-state index in [1.54, 1.807) is 11.8 Å². The van der Waals surface area contributed by atoms with E-state index < -0.39 is 24.5 Å². The van der Waals surface area contributed by atoms with E-state index in [9.17, 15) is 22.8 Å². The molecule has 2 atom stereocenters. The molecule has 0 bridgehead atoms. The zero-order valence-electron chi connectivity index (χ0n) is 13.8. The summed E-state index contributed by atoms with van der Waals surface area (Å²) in [6.07, 6.45) is -2.42. The molecule has 0 aromatic carbocycles. The van der Waals surface area contributed by atoms with Gasteiger partial charge in [0.1, 0.15) is 6.54 Å². The lowest BCUT2D eigenvalue weighted by Crippen LogP contribution is -2.50. The molecule has 5 nitrogen and oxygen atoms in total. The summed E-state index contributed by atoms with van der Waals surface area (Å²) in [6, 6.07) is 0. The van der Waals surface area contributed by atoms with Crippen LogP contribution in [0, 0.1) is 11.8 Å². The summed E-state index contributed by atoms with van der Waals surface area (Å²) in [6.45, 7) is 2.62. The first-order chi connectivity index (χ1) is 10.8. The first-order valence-corrected chi connectivity index (χ1v) is 8.17. The van der Waals surface area contributed by atoms with Gasteiger partial charge in [0.2, 0.25) is 11.8 Å². The van der Waals surface area contributed by atoms with Crippen molar-refractivity contribution in [2.45, 2.75) is 32.4 Å². The van der Waals surface area contributed by atoms with Crippen molar-refractivity contribution in [1.82, 2.24) is 15.1 Å². The lowest BCUT2D eigenvalue weighted by Gasteiger charge is -2.36. The molecule has 2 amide bonds. The maximum atomic E-state index is 12.6. The fourth-order valence-corrected chi connectivity index (χ4v) is 3.32. The number of nitrogens with zero attached hydrogens (tertiary/aromatic N) is 2. The Morgan fingerprint density at radius 3 is 2.50 bits per heavy atom. The Morgan fingerprint density at radius 2 is 1.96 bits per heavy atom. The minimum atomic E-state index is -4.40. The van der Waals surface area contributed by atoms with Gasteiger partial charge in [-0.25, -0.2) is 0 Å². The molecule has 2 unspecified atom stereocenters. The third-order valence-corrected chi connectivity index (χ3v) is 4.56. The molecule has 2 fully saturated rings. The number of carbonyl (C=O) groups is 2. The van der Waals surface area contributed by atoms with Crippen LogP contribution in [0.2, 0.25) is 0 Å². The zero-order chi connectivity index (χ0) is 17.0. The fourth-order valence-electron chi connectivity index (χ4n) is 3.32. The summed E-state index contributed by atoms with van der Waals surface area (Å²) in [5.41, 5.74) is 0. The van der Waals surface area contributed by atoms with E-state index in [1.165, 1.54) is 0 Å². The topological polar surface area (TPSA) is 52.7 Å². The number of alkyl halides is 3. The van der Waals surface area contributed by atoms with Crippen LogP contribution in [0.4, 0.5) is 13.2 Å². The van der Waals surface area contributed by atoms with Crippen molar-refractivity contribution in [2.24, 2.45) is 11.8 Å². The zero-order valence-corrected chi connectivity index (χ0v) is 14.6. The monoisotopic (exact) mass is 371 g/mol. The molecule has 2 aliphatic rings. The van der Waals surface area contributed by atoms with E-state index in [0.29, 0.717) is 25.9 Å². The Kier molecular flexibility index (Phi) is 7.79. The molecule has 0 aromatic rings. The van der Waals surface area contributed by atoms with Crippen molar-refractivity contribution in [2.75, 3.05) is 39.3 Å². The van der Waals surface area contributed by atoms with Gasteiger partial charge < -0.3 is 15.1 Å². The predicted octanol–water partition coefficient (Wildman–Crippen LogP) is 1.67. The Bertz CT molecular complexity index is 442. The third kappa shape index (κ3) is 5.51.